The fourth-order valence-corrected chi connectivity index (χ4v) is 0. The van der Waals surface area contributed by atoms with Crippen molar-refractivity contribution in [3.8, 4) is 0 Å². The third kappa shape index (κ3) is 99.5. The molecule has 0 atom stereocenters. The molecule has 0 aromatic heterocycles. The number of hydrogen-bond donors (Lipinski definition) is 1. The van der Waals surface area contributed by atoms with Crippen molar-refractivity contribution in [1.29, 1.82) is 0 Å². The van der Waals surface area contributed by atoms with Crippen molar-refractivity contribution in [2.24, 2.45) is 0 Å². The monoisotopic (exact) mass is 136 g/mol. The van der Waals surface area contributed by atoms with Gasteiger partial charge in [0.15, 0.2) is 0 Å². The summed E-state index contributed by atoms with van der Waals surface area (Å²) in [7, 11) is 1.00. The molecule has 0 aliphatic heterocycles. The SMILES string of the molecule is CO.[F-].[F-].[F-].[Mg+2].[Na+]. The third-order valence-corrected chi connectivity index (χ3v) is 0. The van der Waals surface area contributed by atoms with Crippen LogP contribution in [-0.2, 0) is 0 Å². The Labute approximate surface area is 78.4 Å². The Morgan fingerprint density at radius 3 is 0.857 bits per heavy atom. The van der Waals surface area contributed by atoms with Crippen molar-refractivity contribution in [3.05, 3.63) is 0 Å². The van der Waals surface area contributed by atoms with E-state index < -0.39 is 0 Å². The minimum atomic E-state index is 0. The summed E-state index contributed by atoms with van der Waals surface area (Å²) in [5.74, 6) is 0. The van der Waals surface area contributed by atoms with E-state index in [-0.39, 0.29) is 66.7 Å². The number of halogens is 3. The van der Waals surface area contributed by atoms with Gasteiger partial charge in [-0.2, -0.15) is 0 Å². The molecule has 0 saturated heterocycles. The van der Waals surface area contributed by atoms with Crippen LogP contribution >= 0.6 is 0 Å². The normalized spacial score (nSPS) is 0.857. The van der Waals surface area contributed by atoms with Crippen molar-refractivity contribution < 1.29 is 48.8 Å². The summed E-state index contributed by atoms with van der Waals surface area (Å²) < 4.78 is 0. The van der Waals surface area contributed by atoms with Gasteiger partial charge in [-0.15, -0.1) is 0 Å². The minimum Gasteiger partial charge on any atom is -1.00 e. The number of aliphatic hydroxyl groups excluding tert-OH is 1. The molecule has 6 heteroatoms. The van der Waals surface area contributed by atoms with Crippen LogP contribution in [0.15, 0.2) is 0 Å². The van der Waals surface area contributed by atoms with Crippen LogP contribution in [0.5, 0.6) is 0 Å². The van der Waals surface area contributed by atoms with E-state index in [2.05, 4.69) is 0 Å². The summed E-state index contributed by atoms with van der Waals surface area (Å²) in [5.41, 5.74) is 0. The molecule has 0 bridgehead atoms. The number of aliphatic hydroxyl groups is 1. The van der Waals surface area contributed by atoms with E-state index in [0.717, 1.165) is 7.11 Å². The average Bonchev–Trinajstić information content (AvgIpc) is 1.00. The predicted octanol–water partition coefficient (Wildman–Crippen LogP) is -12.8. The van der Waals surface area contributed by atoms with Crippen LogP contribution < -0.4 is 43.7 Å². The first-order valence-corrected chi connectivity index (χ1v) is 0.447. The van der Waals surface area contributed by atoms with Crippen LogP contribution in [0.2, 0.25) is 0 Å². The van der Waals surface area contributed by atoms with Crippen LogP contribution in [0.4, 0.5) is 0 Å². The summed E-state index contributed by atoms with van der Waals surface area (Å²) in [5, 5.41) is 7.00. The molecule has 0 saturated carbocycles. The zero-order valence-corrected chi connectivity index (χ0v) is 7.70. The maximum absolute atomic E-state index is 7.00. The number of rotatable bonds is 0. The van der Waals surface area contributed by atoms with Crippen molar-refractivity contribution in [2.75, 3.05) is 7.11 Å². The molecule has 1 nitrogen and oxygen atoms in total. The van der Waals surface area contributed by atoms with E-state index in [1.54, 1.807) is 0 Å². The largest absolute Gasteiger partial charge is 2.00 e. The Morgan fingerprint density at radius 2 is 0.857 bits per heavy atom. The van der Waals surface area contributed by atoms with Crippen molar-refractivity contribution in [2.45, 2.75) is 0 Å². The molecule has 0 spiro atoms. The molecule has 0 heterocycles. The van der Waals surface area contributed by atoms with Gasteiger partial charge in [0.1, 0.15) is 0 Å². The molecule has 0 unspecified atom stereocenters. The first-order chi connectivity index (χ1) is 1.00. The van der Waals surface area contributed by atoms with Gasteiger partial charge in [0.2, 0.25) is 0 Å². The standard InChI is InChI=1S/CH4O.3FH.Mg.Na/c1-2;;;;;/h2H,1H3;3*1H;;/q;;;;+2;+1/p-3. The molecule has 7 heavy (non-hydrogen) atoms. The van der Waals surface area contributed by atoms with Gasteiger partial charge in [0.05, 0.1) is 0 Å². The van der Waals surface area contributed by atoms with E-state index >= 15 is 0 Å². The zero-order chi connectivity index (χ0) is 2.00. The number of hydrogen-bond acceptors (Lipinski definition) is 1. The molecule has 0 aromatic carbocycles. The summed E-state index contributed by atoms with van der Waals surface area (Å²) in [6, 6.07) is 0. The second-order valence-electron chi connectivity index (χ2n) is 0. The topological polar surface area (TPSA) is 20.2 Å². The van der Waals surface area contributed by atoms with Crippen molar-refractivity contribution in [1.82, 2.24) is 0 Å². The molecule has 0 fully saturated rings. The van der Waals surface area contributed by atoms with Crippen LogP contribution in [0.3, 0.4) is 0 Å². The summed E-state index contributed by atoms with van der Waals surface area (Å²) in [6.07, 6.45) is 0. The summed E-state index contributed by atoms with van der Waals surface area (Å²) in [4.78, 5) is 0. The maximum atomic E-state index is 7.00. The fourth-order valence-electron chi connectivity index (χ4n) is 0. The maximum Gasteiger partial charge on any atom is 2.00 e. The molecule has 0 radical (unpaired) electrons. The molecule has 1 N–H and O–H groups in total. The van der Waals surface area contributed by atoms with Crippen LogP contribution in [0, 0.1) is 0 Å². The molecule has 0 aliphatic rings. The second kappa shape index (κ2) is 139. The van der Waals surface area contributed by atoms with E-state index in [9.17, 15) is 0 Å². The van der Waals surface area contributed by atoms with Crippen LogP contribution in [-0.4, -0.2) is 35.3 Å². The van der Waals surface area contributed by atoms with Crippen LogP contribution in [0.25, 0.3) is 0 Å². The molecular weight excluding hydrogens is 132 g/mol. The Kier molecular flexibility index (Phi) is 1510. The van der Waals surface area contributed by atoms with Gasteiger partial charge >= 0.3 is 52.6 Å². The smallest absolute Gasteiger partial charge is 1.00 e. The Hall–Kier alpha value is 1.52. The second-order valence-corrected chi connectivity index (χ2v) is 0. The van der Waals surface area contributed by atoms with E-state index in [4.69, 9.17) is 5.11 Å². The van der Waals surface area contributed by atoms with E-state index in [1.807, 2.05) is 0 Å². The Bertz CT molecular complexity index is 14.9. The molecule has 0 rings (SSSR count). The van der Waals surface area contributed by atoms with Gasteiger partial charge in [-0.1, -0.05) is 0 Å². The van der Waals surface area contributed by atoms with Gasteiger partial charge in [-0.25, -0.2) is 0 Å². The minimum absolute atomic E-state index is 0. The summed E-state index contributed by atoms with van der Waals surface area (Å²) >= 11 is 0. The molecule has 0 aliphatic carbocycles. The third-order valence-electron chi connectivity index (χ3n) is 0. The predicted molar refractivity (Wildman–Crippen MR) is 13.9 cm³/mol. The Balaban J connectivity index is -0.000000000500. The van der Waals surface area contributed by atoms with Crippen LogP contribution in [0.1, 0.15) is 0 Å². The van der Waals surface area contributed by atoms with E-state index in [1.165, 1.54) is 0 Å². The molecular formula is CH4F3MgNaO. The first-order valence-electron chi connectivity index (χ1n) is 0.447. The van der Waals surface area contributed by atoms with Gasteiger partial charge < -0.3 is 19.2 Å². The van der Waals surface area contributed by atoms with Crippen molar-refractivity contribution in [3.63, 3.8) is 0 Å². The fraction of sp³-hybridized carbons (Fsp3) is 1.00. The molecule has 38 valence electrons. The molecule has 0 amide bonds. The summed E-state index contributed by atoms with van der Waals surface area (Å²) in [6.45, 7) is 0. The zero-order valence-electron chi connectivity index (χ0n) is 4.29. The van der Waals surface area contributed by atoms with E-state index in [0.29, 0.717) is 0 Å². The van der Waals surface area contributed by atoms with Gasteiger partial charge in [0.25, 0.3) is 0 Å². The van der Waals surface area contributed by atoms with Gasteiger partial charge in [-0.3, -0.25) is 0 Å². The first kappa shape index (κ1) is 76.0. The molecule has 0 aromatic rings. The van der Waals surface area contributed by atoms with Crippen molar-refractivity contribution >= 4 is 23.1 Å². The van der Waals surface area contributed by atoms with Gasteiger partial charge in [-0.05, 0) is 0 Å². The Morgan fingerprint density at radius 1 is 0.857 bits per heavy atom. The average molecular weight is 136 g/mol. The quantitative estimate of drug-likeness (QED) is 0.328. The van der Waals surface area contributed by atoms with Gasteiger partial charge in [0, 0.05) is 7.11 Å².